The van der Waals surface area contributed by atoms with E-state index in [1.54, 1.807) is 22.9 Å². The lowest BCUT2D eigenvalue weighted by Gasteiger charge is -2.09. The summed E-state index contributed by atoms with van der Waals surface area (Å²) in [7, 11) is 1.35. The fraction of sp³-hybridized carbons (Fsp3) is 0.231. The topological polar surface area (TPSA) is 83.8 Å². The van der Waals surface area contributed by atoms with Crippen LogP contribution >= 0.6 is 0 Å². The van der Waals surface area contributed by atoms with Gasteiger partial charge in [-0.3, -0.25) is 9.48 Å². The maximum Gasteiger partial charge on any atom is 0.416 e. The van der Waals surface area contributed by atoms with Crippen molar-refractivity contribution in [1.29, 1.82) is 0 Å². The van der Waals surface area contributed by atoms with Crippen molar-refractivity contribution in [3.05, 3.63) is 77.4 Å². The standard InChI is InChI=1S/C26H22F3N3O5/c1-34-14-24(33)30-25-20-10-18(26(27,28)29)6-8-21(20)32(31-25)12-16-2-4-17(5-3-16)13-35-19-7-9-22-23(11-19)37-15-36-22/h2-11H,12-15H2,1H3,(H,30,31,33). The van der Waals surface area contributed by atoms with E-state index in [0.717, 1.165) is 23.3 Å². The summed E-state index contributed by atoms with van der Waals surface area (Å²) >= 11 is 0. The number of ether oxygens (including phenoxy) is 4. The first-order valence-electron chi connectivity index (χ1n) is 11.3. The third-order valence-electron chi connectivity index (χ3n) is 5.72. The number of nitrogens with zero attached hydrogens (tertiary/aromatic N) is 2. The monoisotopic (exact) mass is 513 g/mol. The minimum atomic E-state index is -4.53. The summed E-state index contributed by atoms with van der Waals surface area (Å²) in [6.07, 6.45) is -4.53. The average Bonchev–Trinajstić information content (AvgIpc) is 3.47. The molecule has 11 heteroatoms. The molecule has 0 bridgehead atoms. The SMILES string of the molecule is COCC(=O)Nc1nn(Cc2ccc(COc3ccc4c(c3)OCO4)cc2)c2ccc(C(F)(F)F)cc12. The summed E-state index contributed by atoms with van der Waals surface area (Å²) in [4.78, 5) is 12.0. The van der Waals surface area contributed by atoms with Crippen LogP contribution in [-0.2, 0) is 28.9 Å². The Morgan fingerprint density at radius 2 is 1.78 bits per heavy atom. The molecule has 0 spiro atoms. The van der Waals surface area contributed by atoms with Gasteiger partial charge < -0.3 is 24.3 Å². The number of rotatable bonds is 8. The lowest BCUT2D eigenvalue weighted by Crippen LogP contribution is -2.17. The number of hydrogen-bond donors (Lipinski definition) is 1. The molecule has 37 heavy (non-hydrogen) atoms. The van der Waals surface area contributed by atoms with E-state index >= 15 is 0 Å². The number of fused-ring (bicyclic) bond motifs is 2. The Balaban J connectivity index is 1.33. The van der Waals surface area contributed by atoms with Crippen molar-refractivity contribution in [2.24, 2.45) is 0 Å². The predicted octanol–water partition coefficient (Wildman–Crippen LogP) is 5.00. The summed E-state index contributed by atoms with van der Waals surface area (Å²) in [6.45, 7) is 0.561. The third kappa shape index (κ3) is 5.46. The Kier molecular flexibility index (Phi) is 6.62. The number of benzene rings is 3. The van der Waals surface area contributed by atoms with E-state index in [9.17, 15) is 18.0 Å². The molecular formula is C26H22F3N3O5. The van der Waals surface area contributed by atoms with Crippen molar-refractivity contribution in [2.75, 3.05) is 25.8 Å². The number of nitrogens with one attached hydrogen (secondary N) is 1. The van der Waals surface area contributed by atoms with E-state index in [-0.39, 0.29) is 31.1 Å². The summed E-state index contributed by atoms with van der Waals surface area (Å²) in [5, 5.41) is 7.09. The van der Waals surface area contributed by atoms with Crippen LogP contribution in [0.15, 0.2) is 60.7 Å². The number of carbonyl (C=O) groups excluding carboxylic acids is 1. The molecule has 8 nitrogen and oxygen atoms in total. The van der Waals surface area contributed by atoms with Gasteiger partial charge in [-0.15, -0.1) is 0 Å². The smallest absolute Gasteiger partial charge is 0.416 e. The Morgan fingerprint density at radius 1 is 1.03 bits per heavy atom. The Bertz CT molecular complexity index is 1430. The average molecular weight is 513 g/mol. The minimum absolute atomic E-state index is 0.0388. The second kappa shape index (κ2) is 10.0. The van der Waals surface area contributed by atoms with Crippen LogP contribution in [0.1, 0.15) is 16.7 Å². The fourth-order valence-electron chi connectivity index (χ4n) is 3.91. The van der Waals surface area contributed by atoms with Crippen LogP contribution in [0.4, 0.5) is 19.0 Å². The molecule has 2 heterocycles. The Hall–Kier alpha value is -4.25. The molecule has 5 rings (SSSR count). The van der Waals surface area contributed by atoms with Gasteiger partial charge in [0.25, 0.3) is 5.91 Å². The van der Waals surface area contributed by atoms with Crippen LogP contribution < -0.4 is 19.5 Å². The van der Waals surface area contributed by atoms with Crippen LogP contribution in [-0.4, -0.2) is 36.2 Å². The second-order valence-electron chi connectivity index (χ2n) is 8.34. The maximum atomic E-state index is 13.3. The first-order chi connectivity index (χ1) is 17.8. The number of aromatic nitrogens is 2. The van der Waals surface area contributed by atoms with Crippen LogP contribution in [0.25, 0.3) is 10.9 Å². The molecule has 1 N–H and O–H groups in total. The summed E-state index contributed by atoms with van der Waals surface area (Å²) in [5.74, 6) is 1.49. The summed E-state index contributed by atoms with van der Waals surface area (Å²) in [5.41, 5.74) is 1.42. The number of methoxy groups -OCH3 is 1. The number of anilines is 1. The number of halogens is 3. The van der Waals surface area contributed by atoms with Gasteiger partial charge in [0.05, 0.1) is 17.6 Å². The van der Waals surface area contributed by atoms with Gasteiger partial charge in [0.1, 0.15) is 19.0 Å². The quantitative estimate of drug-likeness (QED) is 0.357. The van der Waals surface area contributed by atoms with Gasteiger partial charge in [-0.1, -0.05) is 24.3 Å². The van der Waals surface area contributed by atoms with E-state index in [2.05, 4.69) is 10.4 Å². The van der Waals surface area contributed by atoms with Crippen LogP contribution in [0.2, 0.25) is 0 Å². The zero-order valence-electron chi connectivity index (χ0n) is 19.7. The molecule has 0 saturated heterocycles. The number of carbonyl (C=O) groups is 1. The molecular weight excluding hydrogens is 491 g/mol. The first-order valence-corrected chi connectivity index (χ1v) is 11.3. The molecule has 1 aliphatic rings. The van der Waals surface area contributed by atoms with Crippen LogP contribution in [0, 0.1) is 0 Å². The van der Waals surface area contributed by atoms with Gasteiger partial charge >= 0.3 is 6.18 Å². The van der Waals surface area contributed by atoms with E-state index in [0.29, 0.717) is 29.4 Å². The third-order valence-corrected chi connectivity index (χ3v) is 5.72. The fourth-order valence-corrected chi connectivity index (χ4v) is 3.91. The highest BCUT2D eigenvalue weighted by Gasteiger charge is 2.31. The van der Waals surface area contributed by atoms with Crippen molar-refractivity contribution >= 4 is 22.6 Å². The molecule has 0 radical (unpaired) electrons. The van der Waals surface area contributed by atoms with Gasteiger partial charge in [0.15, 0.2) is 17.3 Å². The normalized spacial score (nSPS) is 12.6. The number of alkyl halides is 3. The van der Waals surface area contributed by atoms with Crippen molar-refractivity contribution < 1.29 is 36.9 Å². The molecule has 1 aliphatic heterocycles. The highest BCUT2D eigenvalue weighted by atomic mass is 19.4. The van der Waals surface area contributed by atoms with E-state index in [4.69, 9.17) is 18.9 Å². The lowest BCUT2D eigenvalue weighted by molar-refractivity contribution is -0.137. The van der Waals surface area contributed by atoms with E-state index in [1.165, 1.54) is 13.2 Å². The molecule has 0 fully saturated rings. The summed E-state index contributed by atoms with van der Waals surface area (Å²) < 4.78 is 62.7. The molecule has 0 saturated carbocycles. The molecule has 0 unspecified atom stereocenters. The van der Waals surface area contributed by atoms with Crippen molar-refractivity contribution in [3.63, 3.8) is 0 Å². The van der Waals surface area contributed by atoms with Crippen molar-refractivity contribution in [1.82, 2.24) is 9.78 Å². The molecule has 3 aromatic carbocycles. The van der Waals surface area contributed by atoms with Gasteiger partial charge in [-0.05, 0) is 41.5 Å². The van der Waals surface area contributed by atoms with E-state index < -0.39 is 17.6 Å². The first kappa shape index (κ1) is 24.4. The maximum absolute atomic E-state index is 13.3. The molecule has 1 amide bonds. The Labute approximate surface area is 209 Å². The molecule has 192 valence electrons. The van der Waals surface area contributed by atoms with Crippen LogP contribution in [0.3, 0.4) is 0 Å². The van der Waals surface area contributed by atoms with Gasteiger partial charge in [-0.2, -0.15) is 18.3 Å². The van der Waals surface area contributed by atoms with Crippen LogP contribution in [0.5, 0.6) is 17.2 Å². The van der Waals surface area contributed by atoms with E-state index in [1.807, 2.05) is 24.3 Å². The number of amides is 1. The van der Waals surface area contributed by atoms with Crippen molar-refractivity contribution in [3.8, 4) is 17.2 Å². The molecule has 1 aromatic heterocycles. The van der Waals surface area contributed by atoms with Crippen molar-refractivity contribution in [2.45, 2.75) is 19.3 Å². The highest BCUT2D eigenvalue weighted by molar-refractivity contribution is 6.00. The number of hydrogen-bond acceptors (Lipinski definition) is 6. The molecule has 0 aliphatic carbocycles. The summed E-state index contributed by atoms with van der Waals surface area (Å²) in [6, 6.07) is 16.3. The second-order valence-corrected chi connectivity index (χ2v) is 8.34. The molecule has 4 aromatic rings. The highest BCUT2D eigenvalue weighted by Crippen LogP contribution is 2.36. The molecule has 0 atom stereocenters. The zero-order chi connectivity index (χ0) is 26.0. The largest absolute Gasteiger partial charge is 0.489 e. The van der Waals surface area contributed by atoms with Gasteiger partial charge in [-0.25, -0.2) is 0 Å². The van der Waals surface area contributed by atoms with Gasteiger partial charge in [0, 0.05) is 18.6 Å². The Morgan fingerprint density at radius 3 is 2.54 bits per heavy atom. The predicted molar refractivity (Wildman–Crippen MR) is 128 cm³/mol. The lowest BCUT2D eigenvalue weighted by atomic mass is 10.1. The zero-order valence-corrected chi connectivity index (χ0v) is 19.7. The van der Waals surface area contributed by atoms with Gasteiger partial charge in [0.2, 0.25) is 6.79 Å². The minimum Gasteiger partial charge on any atom is -0.489 e.